The lowest BCUT2D eigenvalue weighted by Gasteiger charge is -2.22. The maximum absolute atomic E-state index is 10.7. The summed E-state index contributed by atoms with van der Waals surface area (Å²) in [6.07, 6.45) is 3.70. The number of hydrogen-bond acceptors (Lipinski definition) is 4. The van der Waals surface area contributed by atoms with E-state index in [1.165, 1.54) is 0 Å². The van der Waals surface area contributed by atoms with E-state index in [-0.39, 0.29) is 30.5 Å². The van der Waals surface area contributed by atoms with Gasteiger partial charge < -0.3 is 15.7 Å². The third-order valence-corrected chi connectivity index (χ3v) is 4.54. The second-order valence-electron chi connectivity index (χ2n) is 6.91. The molecule has 156 valence electrons. The second kappa shape index (κ2) is 11.1. The van der Waals surface area contributed by atoms with Gasteiger partial charge in [-0.2, -0.15) is 0 Å². The molecule has 3 rings (SSSR count). The summed E-state index contributed by atoms with van der Waals surface area (Å²) in [4.78, 5) is 4.56. The van der Waals surface area contributed by atoms with Crippen LogP contribution in [-0.4, -0.2) is 45.3 Å². The molecule has 1 atom stereocenters. The molecule has 2 aromatic heterocycles. The van der Waals surface area contributed by atoms with Gasteiger partial charge in [-0.3, -0.25) is 4.40 Å². The van der Waals surface area contributed by atoms with Crippen molar-refractivity contribution in [3.8, 4) is 0 Å². The molecule has 1 aromatic carbocycles. The summed E-state index contributed by atoms with van der Waals surface area (Å²) in [6, 6.07) is 15.5. The average Bonchev–Trinajstić information content (AvgIpc) is 3.13. The van der Waals surface area contributed by atoms with E-state index in [9.17, 15) is 5.11 Å². The van der Waals surface area contributed by atoms with Gasteiger partial charge >= 0.3 is 0 Å². The number of aromatic nitrogens is 3. The second-order valence-corrected chi connectivity index (χ2v) is 6.91. The van der Waals surface area contributed by atoms with Crippen molar-refractivity contribution in [3.05, 3.63) is 66.1 Å². The molecule has 0 saturated heterocycles. The van der Waals surface area contributed by atoms with E-state index < -0.39 is 5.60 Å². The number of rotatable bonds is 8. The Morgan fingerprint density at radius 2 is 1.86 bits per heavy atom. The number of fused-ring (bicyclic) bond motifs is 1. The minimum atomic E-state index is -1.01. The number of aliphatic hydroxyl groups is 1. The van der Waals surface area contributed by atoms with E-state index in [2.05, 4.69) is 25.8 Å². The number of nitrogens with one attached hydrogen (secondary N) is 2. The molecule has 0 aliphatic carbocycles. The van der Waals surface area contributed by atoms with Crippen molar-refractivity contribution in [3.63, 3.8) is 0 Å². The van der Waals surface area contributed by atoms with E-state index in [4.69, 9.17) is 0 Å². The first-order valence-corrected chi connectivity index (χ1v) is 9.69. The SMILES string of the molecule is CCNC(=NCC(C)(O)c1ccccc1)NCCCc1nnc2ccccn12.I. The van der Waals surface area contributed by atoms with Gasteiger partial charge in [-0.25, -0.2) is 4.99 Å². The van der Waals surface area contributed by atoms with Crippen molar-refractivity contribution in [2.75, 3.05) is 19.6 Å². The molecular weight excluding hydrogens is 479 g/mol. The van der Waals surface area contributed by atoms with Gasteiger partial charge in [0.2, 0.25) is 0 Å². The zero-order valence-electron chi connectivity index (χ0n) is 16.9. The van der Waals surface area contributed by atoms with Crippen molar-refractivity contribution >= 4 is 35.6 Å². The molecule has 29 heavy (non-hydrogen) atoms. The Morgan fingerprint density at radius 3 is 2.62 bits per heavy atom. The average molecular weight is 508 g/mol. The number of hydrogen-bond donors (Lipinski definition) is 3. The first-order chi connectivity index (χ1) is 13.6. The molecule has 0 amide bonds. The lowest BCUT2D eigenvalue weighted by atomic mass is 9.96. The highest BCUT2D eigenvalue weighted by Gasteiger charge is 2.22. The van der Waals surface area contributed by atoms with Crippen LogP contribution >= 0.6 is 24.0 Å². The molecule has 0 bridgehead atoms. The van der Waals surface area contributed by atoms with Gasteiger partial charge in [0.05, 0.1) is 6.54 Å². The maximum Gasteiger partial charge on any atom is 0.191 e. The monoisotopic (exact) mass is 508 g/mol. The van der Waals surface area contributed by atoms with Crippen LogP contribution in [0.5, 0.6) is 0 Å². The Labute approximate surface area is 188 Å². The van der Waals surface area contributed by atoms with Gasteiger partial charge in [0.25, 0.3) is 0 Å². The van der Waals surface area contributed by atoms with Crippen LogP contribution < -0.4 is 10.6 Å². The highest BCUT2D eigenvalue weighted by Crippen LogP contribution is 2.20. The fourth-order valence-corrected chi connectivity index (χ4v) is 2.98. The highest BCUT2D eigenvalue weighted by molar-refractivity contribution is 14.0. The van der Waals surface area contributed by atoms with Gasteiger partial charge in [0, 0.05) is 25.7 Å². The van der Waals surface area contributed by atoms with Crippen LogP contribution in [0.3, 0.4) is 0 Å². The number of guanidine groups is 1. The van der Waals surface area contributed by atoms with E-state index >= 15 is 0 Å². The molecule has 2 heterocycles. The molecule has 0 radical (unpaired) electrons. The molecule has 0 aliphatic heterocycles. The van der Waals surface area contributed by atoms with E-state index in [1.54, 1.807) is 6.92 Å². The van der Waals surface area contributed by atoms with Crippen molar-refractivity contribution in [1.29, 1.82) is 0 Å². The van der Waals surface area contributed by atoms with Crippen molar-refractivity contribution in [2.24, 2.45) is 4.99 Å². The number of halogens is 1. The van der Waals surface area contributed by atoms with Crippen LogP contribution in [0.2, 0.25) is 0 Å². The van der Waals surface area contributed by atoms with E-state index in [1.807, 2.05) is 66.1 Å². The number of nitrogens with zero attached hydrogens (tertiary/aromatic N) is 4. The van der Waals surface area contributed by atoms with Crippen LogP contribution in [0.15, 0.2) is 59.7 Å². The summed E-state index contributed by atoms with van der Waals surface area (Å²) in [5.74, 6) is 1.65. The summed E-state index contributed by atoms with van der Waals surface area (Å²) < 4.78 is 2.01. The molecule has 7 nitrogen and oxygen atoms in total. The van der Waals surface area contributed by atoms with Crippen LogP contribution in [0.25, 0.3) is 5.65 Å². The molecular formula is C21H29IN6O. The van der Waals surface area contributed by atoms with Gasteiger partial charge in [0.1, 0.15) is 11.4 Å². The first kappa shape index (κ1) is 23.1. The summed E-state index contributed by atoms with van der Waals surface area (Å²) in [5, 5.41) is 25.7. The van der Waals surface area contributed by atoms with Crippen LogP contribution in [0.1, 0.15) is 31.7 Å². The molecule has 3 N–H and O–H groups in total. The van der Waals surface area contributed by atoms with Crippen molar-refractivity contribution in [2.45, 2.75) is 32.3 Å². The summed E-state index contributed by atoms with van der Waals surface area (Å²) >= 11 is 0. The smallest absolute Gasteiger partial charge is 0.191 e. The normalized spacial score (nSPS) is 13.6. The molecule has 0 saturated carbocycles. The summed E-state index contributed by atoms with van der Waals surface area (Å²) in [5.41, 5.74) is 0.709. The van der Waals surface area contributed by atoms with E-state index in [0.29, 0.717) is 5.96 Å². The largest absolute Gasteiger partial charge is 0.384 e. The minimum absolute atomic E-state index is 0. The zero-order chi connectivity index (χ0) is 19.8. The quantitative estimate of drug-likeness (QED) is 0.189. The van der Waals surface area contributed by atoms with Crippen LogP contribution in [0, 0.1) is 0 Å². The number of benzene rings is 1. The minimum Gasteiger partial charge on any atom is -0.384 e. The maximum atomic E-state index is 10.7. The fraction of sp³-hybridized carbons (Fsp3) is 0.381. The summed E-state index contributed by atoms with van der Waals surface area (Å²) in [6.45, 7) is 5.59. The van der Waals surface area contributed by atoms with Gasteiger partial charge in [0.15, 0.2) is 11.6 Å². The van der Waals surface area contributed by atoms with Crippen LogP contribution in [-0.2, 0) is 12.0 Å². The topological polar surface area (TPSA) is 86.8 Å². The lowest BCUT2D eigenvalue weighted by molar-refractivity contribution is 0.0672. The lowest BCUT2D eigenvalue weighted by Crippen LogP contribution is -2.39. The summed E-state index contributed by atoms with van der Waals surface area (Å²) in [7, 11) is 0. The van der Waals surface area contributed by atoms with Gasteiger partial charge in [-0.05, 0) is 38.0 Å². The van der Waals surface area contributed by atoms with Crippen molar-refractivity contribution < 1.29 is 5.11 Å². The predicted octanol–water partition coefficient (Wildman–Crippen LogP) is 2.74. The van der Waals surface area contributed by atoms with Gasteiger partial charge in [-0.15, -0.1) is 34.2 Å². The number of pyridine rings is 1. The third kappa shape index (κ3) is 6.40. The van der Waals surface area contributed by atoms with Crippen LogP contribution in [0.4, 0.5) is 0 Å². The Hall–Kier alpha value is -2.20. The molecule has 0 fully saturated rings. The molecule has 0 spiro atoms. The standard InChI is InChI=1S/C21H28N6O.HI/c1-3-22-20(24-16-21(2,28)17-10-5-4-6-11-17)23-14-9-13-19-26-25-18-12-7-8-15-27(18)19;/h4-8,10-12,15,28H,3,9,13-14,16H2,1-2H3,(H2,22,23,24);1H. The number of aliphatic imine (C=N–C) groups is 1. The molecule has 0 aliphatic rings. The first-order valence-electron chi connectivity index (χ1n) is 9.69. The fourth-order valence-electron chi connectivity index (χ4n) is 2.98. The Bertz CT molecular complexity index is 910. The third-order valence-electron chi connectivity index (χ3n) is 4.54. The highest BCUT2D eigenvalue weighted by atomic mass is 127. The Kier molecular flexibility index (Phi) is 8.84. The molecule has 1 unspecified atom stereocenters. The van der Waals surface area contributed by atoms with Crippen molar-refractivity contribution in [1.82, 2.24) is 25.2 Å². The molecule has 8 heteroatoms. The van der Waals surface area contributed by atoms with Gasteiger partial charge in [-0.1, -0.05) is 36.4 Å². The Balaban J connectivity index is 0.00000300. The predicted molar refractivity (Wildman–Crippen MR) is 127 cm³/mol. The zero-order valence-corrected chi connectivity index (χ0v) is 19.2. The molecule has 3 aromatic rings. The Morgan fingerprint density at radius 1 is 1.10 bits per heavy atom. The number of aryl methyl sites for hydroxylation is 1. The van der Waals surface area contributed by atoms with E-state index in [0.717, 1.165) is 43.0 Å².